The summed E-state index contributed by atoms with van der Waals surface area (Å²) in [5, 5.41) is 20.8. The normalized spacial score (nSPS) is 18.2. The lowest BCUT2D eigenvalue weighted by atomic mass is 9.94. The minimum absolute atomic E-state index is 0.0122. The maximum absolute atomic E-state index is 13.9. The van der Waals surface area contributed by atoms with Crippen LogP contribution in [0.5, 0.6) is 17.2 Å². The summed E-state index contributed by atoms with van der Waals surface area (Å²) in [6, 6.07) is 18.0. The second kappa shape index (κ2) is 14.8. The van der Waals surface area contributed by atoms with Gasteiger partial charge in [-0.1, -0.05) is 78.8 Å². The summed E-state index contributed by atoms with van der Waals surface area (Å²) in [5.74, 6) is 0.638. The molecular weight excluding hydrogens is 647 g/mol. The van der Waals surface area contributed by atoms with Crippen LogP contribution in [0, 0.1) is 6.92 Å². The first-order valence-electron chi connectivity index (χ1n) is 16.3. The van der Waals surface area contributed by atoms with Gasteiger partial charge in [-0.2, -0.15) is 0 Å². The molecule has 1 N–H and O–H groups in total. The van der Waals surface area contributed by atoms with Crippen LogP contribution < -0.4 is 19.1 Å². The highest BCUT2D eigenvalue weighted by molar-refractivity contribution is 8.00. The molecule has 1 aromatic heterocycles. The van der Waals surface area contributed by atoms with E-state index in [2.05, 4.69) is 41.4 Å². The molecule has 0 saturated carbocycles. The Balaban J connectivity index is 1.39. The van der Waals surface area contributed by atoms with Crippen LogP contribution in [0.2, 0.25) is 0 Å². The number of aromatic nitrogens is 2. The molecule has 0 spiro atoms. The Bertz CT molecular complexity index is 1840. The Kier molecular flexibility index (Phi) is 10.4. The molecule has 0 aliphatic carbocycles. The summed E-state index contributed by atoms with van der Waals surface area (Å²) in [7, 11) is 0. The molecule has 48 heavy (non-hydrogen) atoms. The van der Waals surface area contributed by atoms with E-state index in [0.717, 1.165) is 36.1 Å². The van der Waals surface area contributed by atoms with E-state index in [9.17, 15) is 14.7 Å². The fourth-order valence-corrected chi connectivity index (χ4v) is 7.70. The standard InChI is InChI=1S/C37H39N3O6S2/c1-5-7-8-17-45-29-16-13-25(20-30(29)44-6-2)32-31(33(41)26-14-15-28-27(19-26)18-23(4)46-28)34(42)35(43)40(32)36-38-39-37(48-36)47-21-24-11-9-22(3)10-12-24/h9-16,19-20,23,32,41H,5-8,17-18,21H2,1-4H3/b33-31+/t23-,32-/m0/s1. The predicted octanol–water partition coefficient (Wildman–Crippen LogP) is 8.06. The van der Waals surface area contributed by atoms with Gasteiger partial charge in [0.2, 0.25) is 5.13 Å². The molecule has 11 heteroatoms. The van der Waals surface area contributed by atoms with E-state index in [-0.39, 0.29) is 22.6 Å². The van der Waals surface area contributed by atoms with Crippen molar-refractivity contribution >= 4 is 45.7 Å². The third-order valence-electron chi connectivity index (χ3n) is 8.29. The lowest BCUT2D eigenvalue weighted by Gasteiger charge is -2.23. The van der Waals surface area contributed by atoms with Gasteiger partial charge in [-0.15, -0.1) is 10.2 Å². The molecule has 1 saturated heterocycles. The van der Waals surface area contributed by atoms with Gasteiger partial charge >= 0.3 is 5.91 Å². The van der Waals surface area contributed by atoms with Crippen molar-refractivity contribution in [2.45, 2.75) is 75.6 Å². The van der Waals surface area contributed by atoms with Crippen molar-refractivity contribution in [1.29, 1.82) is 0 Å². The van der Waals surface area contributed by atoms with E-state index >= 15 is 0 Å². The number of Topliss-reactive ketones (excluding diaryl/α,β-unsaturated/α-hetero) is 1. The van der Waals surface area contributed by atoms with Crippen LogP contribution in [0.3, 0.4) is 0 Å². The van der Waals surface area contributed by atoms with Crippen molar-refractivity contribution in [2.75, 3.05) is 18.1 Å². The minimum Gasteiger partial charge on any atom is -0.507 e. The first kappa shape index (κ1) is 33.5. The molecule has 4 aromatic rings. The Morgan fingerprint density at radius 1 is 1.02 bits per heavy atom. The van der Waals surface area contributed by atoms with Gasteiger partial charge in [-0.3, -0.25) is 14.5 Å². The topological polar surface area (TPSA) is 111 Å². The first-order chi connectivity index (χ1) is 23.3. The maximum Gasteiger partial charge on any atom is 0.301 e. The van der Waals surface area contributed by atoms with Crippen molar-refractivity contribution in [1.82, 2.24) is 10.2 Å². The van der Waals surface area contributed by atoms with Crippen LogP contribution in [0.25, 0.3) is 5.76 Å². The number of thioether (sulfide) groups is 1. The molecule has 6 rings (SSSR count). The fourth-order valence-electron chi connectivity index (χ4n) is 5.87. The average Bonchev–Trinajstić information content (AvgIpc) is 3.77. The summed E-state index contributed by atoms with van der Waals surface area (Å²) in [5.41, 5.74) is 4.22. The number of aliphatic hydroxyl groups is 1. The molecule has 2 atom stereocenters. The number of ketones is 1. The van der Waals surface area contributed by atoms with Crippen LogP contribution >= 0.6 is 23.1 Å². The molecule has 0 radical (unpaired) electrons. The molecule has 2 aliphatic heterocycles. The number of carbonyl (C=O) groups is 2. The van der Waals surface area contributed by atoms with Gasteiger partial charge in [0.15, 0.2) is 15.8 Å². The number of benzene rings is 3. The van der Waals surface area contributed by atoms with E-state index in [1.54, 1.807) is 30.3 Å². The maximum atomic E-state index is 13.9. The molecular formula is C37H39N3O6S2. The first-order valence-corrected chi connectivity index (χ1v) is 18.1. The summed E-state index contributed by atoms with van der Waals surface area (Å²) >= 11 is 2.74. The lowest BCUT2D eigenvalue weighted by Crippen LogP contribution is -2.29. The number of aryl methyl sites for hydroxylation is 1. The number of unbranched alkanes of at least 4 members (excludes halogenated alkanes) is 2. The molecule has 9 nitrogen and oxygen atoms in total. The van der Waals surface area contributed by atoms with Gasteiger partial charge in [0.05, 0.1) is 24.8 Å². The SMILES string of the molecule is CCCCCOc1ccc([C@H]2/C(=C(\O)c3ccc4c(c3)C[C@H](C)O4)C(=O)C(=O)N2c2nnc(SCc3ccc(C)cc3)s2)cc1OCC. The zero-order valence-electron chi connectivity index (χ0n) is 27.5. The summed E-state index contributed by atoms with van der Waals surface area (Å²) in [6.07, 6.45) is 3.73. The predicted molar refractivity (Wildman–Crippen MR) is 188 cm³/mol. The molecule has 1 fully saturated rings. The number of anilines is 1. The van der Waals surface area contributed by atoms with E-state index < -0.39 is 17.7 Å². The highest BCUT2D eigenvalue weighted by Crippen LogP contribution is 2.46. The number of carbonyl (C=O) groups excluding carboxylic acids is 2. The molecule has 0 bridgehead atoms. The molecule has 2 aliphatic rings. The largest absolute Gasteiger partial charge is 0.507 e. The van der Waals surface area contributed by atoms with Gasteiger partial charge < -0.3 is 19.3 Å². The minimum atomic E-state index is -0.982. The van der Waals surface area contributed by atoms with Crippen LogP contribution in [0.1, 0.15) is 73.9 Å². The van der Waals surface area contributed by atoms with Crippen LogP contribution in [0.15, 0.2) is 70.6 Å². The zero-order chi connectivity index (χ0) is 33.8. The number of ether oxygens (including phenoxy) is 3. The molecule has 250 valence electrons. The highest BCUT2D eigenvalue weighted by Gasteiger charge is 2.48. The number of nitrogens with zero attached hydrogens (tertiary/aromatic N) is 3. The van der Waals surface area contributed by atoms with Gasteiger partial charge in [-0.25, -0.2) is 0 Å². The van der Waals surface area contributed by atoms with E-state index in [1.807, 2.05) is 26.8 Å². The van der Waals surface area contributed by atoms with Crippen molar-refractivity contribution in [3.63, 3.8) is 0 Å². The number of amides is 1. The summed E-state index contributed by atoms with van der Waals surface area (Å²) < 4.78 is 18.5. The average molecular weight is 686 g/mol. The zero-order valence-corrected chi connectivity index (χ0v) is 29.2. The monoisotopic (exact) mass is 685 g/mol. The van der Waals surface area contributed by atoms with Crippen molar-refractivity contribution in [2.24, 2.45) is 0 Å². The second-order valence-corrected chi connectivity index (χ2v) is 14.1. The number of rotatable bonds is 13. The lowest BCUT2D eigenvalue weighted by molar-refractivity contribution is -0.132. The third-order valence-corrected chi connectivity index (χ3v) is 10.4. The van der Waals surface area contributed by atoms with Gasteiger partial charge in [0.25, 0.3) is 5.78 Å². The summed E-state index contributed by atoms with van der Waals surface area (Å²) in [4.78, 5) is 29.1. The van der Waals surface area contributed by atoms with Crippen molar-refractivity contribution < 1.29 is 28.9 Å². The van der Waals surface area contributed by atoms with E-state index in [4.69, 9.17) is 14.2 Å². The smallest absolute Gasteiger partial charge is 0.301 e. The molecule has 0 unspecified atom stereocenters. The quantitative estimate of drug-likeness (QED) is 0.0373. The molecule has 1 amide bonds. The number of fused-ring (bicyclic) bond motifs is 1. The van der Waals surface area contributed by atoms with Crippen LogP contribution in [0.4, 0.5) is 5.13 Å². The Morgan fingerprint density at radius 3 is 2.60 bits per heavy atom. The van der Waals surface area contributed by atoms with E-state index in [1.165, 1.54) is 33.6 Å². The summed E-state index contributed by atoms with van der Waals surface area (Å²) in [6.45, 7) is 8.98. The third kappa shape index (κ3) is 7.07. The Hall–Kier alpha value is -4.35. The van der Waals surface area contributed by atoms with Gasteiger partial charge in [-0.05, 0) is 74.2 Å². The fraction of sp³-hybridized carbons (Fsp3) is 0.351. The van der Waals surface area contributed by atoms with E-state index in [0.29, 0.717) is 52.4 Å². The van der Waals surface area contributed by atoms with Crippen LogP contribution in [-0.4, -0.2) is 46.3 Å². The van der Waals surface area contributed by atoms with Crippen molar-refractivity contribution in [3.05, 3.63) is 94.1 Å². The Labute approximate surface area is 288 Å². The Morgan fingerprint density at radius 2 is 1.83 bits per heavy atom. The number of aliphatic hydroxyl groups excluding tert-OH is 1. The molecule has 3 aromatic carbocycles. The van der Waals surface area contributed by atoms with Gasteiger partial charge in [0.1, 0.15) is 17.6 Å². The van der Waals surface area contributed by atoms with Gasteiger partial charge in [0, 0.05) is 17.7 Å². The number of hydrogen-bond acceptors (Lipinski definition) is 10. The highest BCUT2D eigenvalue weighted by atomic mass is 32.2. The van der Waals surface area contributed by atoms with Crippen LogP contribution in [-0.2, 0) is 21.8 Å². The van der Waals surface area contributed by atoms with Crippen molar-refractivity contribution in [3.8, 4) is 17.2 Å². The number of hydrogen-bond donors (Lipinski definition) is 1. The second-order valence-electron chi connectivity index (χ2n) is 11.9. The molecule has 3 heterocycles.